The first kappa shape index (κ1) is 20.8. The molecular formula is C21H25ClN2O3S. The number of benzene rings is 2. The molecule has 150 valence electrons. The number of hydrogen-bond donors (Lipinski definition) is 1. The van der Waals surface area contributed by atoms with Gasteiger partial charge in [-0.25, -0.2) is 8.42 Å². The van der Waals surface area contributed by atoms with Gasteiger partial charge in [0.05, 0.1) is 11.1 Å². The van der Waals surface area contributed by atoms with Crippen LogP contribution < -0.4 is 5.32 Å². The van der Waals surface area contributed by atoms with Crippen molar-refractivity contribution in [2.45, 2.75) is 44.0 Å². The number of nitrogens with zero attached hydrogens (tertiary/aromatic N) is 1. The number of carbonyl (C=O) groups is 1. The second kappa shape index (κ2) is 8.64. The lowest BCUT2D eigenvalue weighted by atomic mass is 10.0. The normalized spacial score (nSPS) is 16.1. The van der Waals surface area contributed by atoms with Crippen LogP contribution in [0.2, 0.25) is 5.02 Å². The van der Waals surface area contributed by atoms with Gasteiger partial charge in [-0.2, -0.15) is 4.31 Å². The van der Waals surface area contributed by atoms with Crippen LogP contribution >= 0.6 is 11.6 Å². The number of halogens is 1. The van der Waals surface area contributed by atoms with Gasteiger partial charge in [0.2, 0.25) is 10.0 Å². The highest BCUT2D eigenvalue weighted by Gasteiger charge is 2.30. The summed E-state index contributed by atoms with van der Waals surface area (Å²) in [7, 11) is -3.69. The smallest absolute Gasteiger partial charge is 0.251 e. The average Bonchev–Trinajstić information content (AvgIpc) is 3.22. The zero-order valence-electron chi connectivity index (χ0n) is 16.1. The first-order valence-corrected chi connectivity index (χ1v) is 11.3. The number of nitrogens with one attached hydrogen (secondary N) is 1. The number of rotatable bonds is 6. The minimum Gasteiger partial charge on any atom is -0.345 e. The van der Waals surface area contributed by atoms with Gasteiger partial charge in [0, 0.05) is 18.7 Å². The third-order valence-corrected chi connectivity index (χ3v) is 7.45. The Hall–Kier alpha value is -1.89. The Kier molecular flexibility index (Phi) is 6.43. The largest absolute Gasteiger partial charge is 0.345 e. The molecule has 1 heterocycles. The molecule has 2 aromatic carbocycles. The fraction of sp³-hybridized carbons (Fsp3) is 0.381. The van der Waals surface area contributed by atoms with Gasteiger partial charge in [-0.15, -0.1) is 0 Å². The van der Waals surface area contributed by atoms with Crippen molar-refractivity contribution in [1.29, 1.82) is 0 Å². The molecular weight excluding hydrogens is 396 g/mol. The number of aryl methyl sites for hydroxylation is 1. The molecule has 0 saturated carbocycles. The standard InChI is InChI=1S/C21H25ClN2O3S/c1-3-19(16-8-6-15(2)7-9-16)23-21(25)17-10-11-18(22)20(14-17)28(26,27)24-12-4-5-13-24/h6-11,14,19H,3-5,12-13H2,1-2H3,(H,23,25)/t19-/m1/s1. The van der Waals surface area contributed by atoms with Gasteiger partial charge in [0.25, 0.3) is 5.91 Å². The summed E-state index contributed by atoms with van der Waals surface area (Å²) in [6.45, 7) is 4.98. The molecule has 2 aromatic rings. The minimum absolute atomic E-state index is 0.00731. The molecule has 0 unspecified atom stereocenters. The molecule has 0 spiro atoms. The highest BCUT2D eigenvalue weighted by molar-refractivity contribution is 7.89. The summed E-state index contributed by atoms with van der Waals surface area (Å²) in [5.41, 5.74) is 2.45. The highest BCUT2D eigenvalue weighted by atomic mass is 35.5. The lowest BCUT2D eigenvalue weighted by molar-refractivity contribution is 0.0935. The van der Waals surface area contributed by atoms with Gasteiger partial charge in [0.15, 0.2) is 0 Å². The lowest BCUT2D eigenvalue weighted by Gasteiger charge is -2.19. The molecule has 1 aliphatic rings. The Morgan fingerprint density at radius 2 is 1.79 bits per heavy atom. The first-order valence-electron chi connectivity index (χ1n) is 9.50. The van der Waals surface area contributed by atoms with Crippen molar-refractivity contribution >= 4 is 27.5 Å². The van der Waals surface area contributed by atoms with Gasteiger partial charge in [-0.05, 0) is 49.9 Å². The first-order chi connectivity index (χ1) is 13.3. The van der Waals surface area contributed by atoms with E-state index in [0.29, 0.717) is 13.1 Å². The van der Waals surface area contributed by atoms with E-state index in [1.807, 2.05) is 38.1 Å². The van der Waals surface area contributed by atoms with E-state index in [2.05, 4.69) is 5.32 Å². The predicted octanol–water partition coefficient (Wildman–Crippen LogP) is 4.31. The lowest BCUT2D eigenvalue weighted by Crippen LogP contribution is -2.30. The molecule has 1 N–H and O–H groups in total. The van der Waals surface area contributed by atoms with Crippen molar-refractivity contribution < 1.29 is 13.2 Å². The number of carbonyl (C=O) groups excluding carboxylic acids is 1. The summed E-state index contributed by atoms with van der Waals surface area (Å²) < 4.78 is 27.2. The van der Waals surface area contributed by atoms with Crippen LogP contribution in [0.15, 0.2) is 47.4 Å². The van der Waals surface area contributed by atoms with E-state index >= 15 is 0 Å². The molecule has 0 radical (unpaired) electrons. The maximum Gasteiger partial charge on any atom is 0.251 e. The van der Waals surface area contributed by atoms with Crippen molar-refractivity contribution in [3.8, 4) is 0 Å². The van der Waals surface area contributed by atoms with Gasteiger partial charge in [0.1, 0.15) is 4.90 Å². The van der Waals surface area contributed by atoms with Gasteiger partial charge in [-0.1, -0.05) is 48.4 Å². The third kappa shape index (κ3) is 4.40. The fourth-order valence-electron chi connectivity index (χ4n) is 3.37. The van der Waals surface area contributed by atoms with Crippen molar-refractivity contribution in [3.63, 3.8) is 0 Å². The van der Waals surface area contributed by atoms with Crippen LogP contribution in [0.25, 0.3) is 0 Å². The summed E-state index contributed by atoms with van der Waals surface area (Å²) in [5, 5.41) is 3.13. The molecule has 7 heteroatoms. The SMILES string of the molecule is CC[C@@H](NC(=O)c1ccc(Cl)c(S(=O)(=O)N2CCCC2)c1)c1ccc(C)cc1. The molecule has 1 amide bonds. The van der Waals surface area contributed by atoms with Gasteiger partial charge >= 0.3 is 0 Å². The predicted molar refractivity (Wildman–Crippen MR) is 111 cm³/mol. The molecule has 5 nitrogen and oxygen atoms in total. The van der Waals surface area contributed by atoms with Crippen molar-refractivity contribution in [2.75, 3.05) is 13.1 Å². The van der Waals surface area contributed by atoms with Gasteiger partial charge < -0.3 is 5.32 Å². The molecule has 1 saturated heterocycles. The Bertz CT molecular complexity index is 952. The number of amides is 1. The summed E-state index contributed by atoms with van der Waals surface area (Å²) in [6, 6.07) is 12.3. The molecule has 1 aliphatic heterocycles. The van der Waals surface area contributed by atoms with E-state index in [9.17, 15) is 13.2 Å². The van der Waals surface area contributed by atoms with Crippen LogP contribution in [-0.4, -0.2) is 31.7 Å². The molecule has 0 bridgehead atoms. The number of sulfonamides is 1. The average molecular weight is 421 g/mol. The fourth-order valence-corrected chi connectivity index (χ4v) is 5.39. The molecule has 1 fully saturated rings. The topological polar surface area (TPSA) is 66.5 Å². The Labute approximate surface area is 171 Å². The summed E-state index contributed by atoms with van der Waals surface area (Å²) in [4.78, 5) is 12.8. The summed E-state index contributed by atoms with van der Waals surface area (Å²) in [6.07, 6.45) is 2.40. The molecule has 3 rings (SSSR count). The van der Waals surface area contributed by atoms with Crippen LogP contribution in [0.3, 0.4) is 0 Å². The van der Waals surface area contributed by atoms with E-state index in [0.717, 1.165) is 30.4 Å². The Morgan fingerprint density at radius 3 is 2.39 bits per heavy atom. The quantitative estimate of drug-likeness (QED) is 0.756. The van der Waals surface area contributed by atoms with Crippen LogP contribution in [0.5, 0.6) is 0 Å². The maximum absolute atomic E-state index is 12.9. The van der Waals surface area contributed by atoms with Crippen molar-refractivity contribution in [1.82, 2.24) is 9.62 Å². The van der Waals surface area contributed by atoms with Crippen LogP contribution in [0.4, 0.5) is 0 Å². The van der Waals surface area contributed by atoms with E-state index < -0.39 is 10.0 Å². The summed E-state index contributed by atoms with van der Waals surface area (Å²) >= 11 is 6.17. The van der Waals surface area contributed by atoms with Crippen LogP contribution in [-0.2, 0) is 10.0 Å². The van der Waals surface area contributed by atoms with E-state index in [-0.39, 0.29) is 27.4 Å². The highest BCUT2D eigenvalue weighted by Crippen LogP contribution is 2.28. The van der Waals surface area contributed by atoms with Crippen LogP contribution in [0, 0.1) is 6.92 Å². The number of hydrogen-bond acceptors (Lipinski definition) is 3. The molecule has 0 aliphatic carbocycles. The monoisotopic (exact) mass is 420 g/mol. The van der Waals surface area contributed by atoms with E-state index in [1.165, 1.54) is 16.4 Å². The Balaban J connectivity index is 1.85. The zero-order chi connectivity index (χ0) is 20.3. The van der Waals surface area contributed by atoms with Gasteiger partial charge in [-0.3, -0.25) is 4.79 Å². The van der Waals surface area contributed by atoms with Crippen molar-refractivity contribution in [3.05, 3.63) is 64.2 Å². The second-order valence-electron chi connectivity index (χ2n) is 7.10. The second-order valence-corrected chi connectivity index (χ2v) is 9.41. The Morgan fingerprint density at radius 1 is 1.14 bits per heavy atom. The zero-order valence-corrected chi connectivity index (χ0v) is 17.7. The molecule has 0 aromatic heterocycles. The molecule has 1 atom stereocenters. The minimum atomic E-state index is -3.69. The van der Waals surface area contributed by atoms with Crippen LogP contribution in [0.1, 0.15) is 53.7 Å². The maximum atomic E-state index is 12.9. The van der Waals surface area contributed by atoms with E-state index in [4.69, 9.17) is 11.6 Å². The third-order valence-electron chi connectivity index (χ3n) is 5.07. The van der Waals surface area contributed by atoms with E-state index in [1.54, 1.807) is 6.07 Å². The van der Waals surface area contributed by atoms with Crippen molar-refractivity contribution in [2.24, 2.45) is 0 Å². The summed E-state index contributed by atoms with van der Waals surface area (Å²) in [5.74, 6) is -0.318. The molecule has 28 heavy (non-hydrogen) atoms.